The van der Waals surface area contributed by atoms with Crippen LogP contribution < -0.4 is 15.1 Å². The molecule has 0 saturated carbocycles. The van der Waals surface area contributed by atoms with Gasteiger partial charge in [0.1, 0.15) is 25.3 Å². The molecule has 5 heterocycles. The largest absolute Gasteiger partial charge is 0.444 e. The van der Waals surface area contributed by atoms with E-state index in [1.807, 2.05) is 18.7 Å². The number of carbonyl (C=O) groups is 1. The monoisotopic (exact) mass is 848 g/mol. The first kappa shape index (κ1) is 42.5. The summed E-state index contributed by atoms with van der Waals surface area (Å²) in [6.07, 6.45) is -1.98. The van der Waals surface area contributed by atoms with E-state index in [1.165, 1.54) is 33.7 Å². The molecule has 0 radical (unpaired) electrons. The van der Waals surface area contributed by atoms with Crippen LogP contribution in [-0.4, -0.2) is 75.1 Å². The molecule has 6 rings (SSSR count). The lowest BCUT2D eigenvalue weighted by Crippen LogP contribution is -2.59. The Bertz CT molecular complexity index is 2140. The van der Waals surface area contributed by atoms with Crippen molar-refractivity contribution in [2.75, 3.05) is 23.7 Å². The Morgan fingerprint density at radius 2 is 1.55 bits per heavy atom. The number of thioether (sulfide) groups is 1. The summed E-state index contributed by atoms with van der Waals surface area (Å²) in [5.74, 6) is 0.611. The zero-order chi connectivity index (χ0) is 41.2. The Morgan fingerprint density at radius 1 is 0.964 bits per heavy atom. The maximum atomic E-state index is 15.7. The number of rotatable bonds is 7. The van der Waals surface area contributed by atoms with E-state index in [4.69, 9.17) is 16.3 Å². The zero-order valence-corrected chi connectivity index (χ0v) is 37.3. The highest BCUT2D eigenvalue weighted by Gasteiger charge is 2.48. The number of halogens is 4. The van der Waals surface area contributed by atoms with E-state index in [9.17, 15) is 9.59 Å². The van der Waals surface area contributed by atoms with Gasteiger partial charge in [-0.25, -0.2) is 19.6 Å². The summed E-state index contributed by atoms with van der Waals surface area (Å²) in [5.41, 5.74) is -0.810. The number of carbonyl (C=O) groups excluding carboxylic acids is 1. The third-order valence-corrected chi connectivity index (χ3v) is 22.2. The quantitative estimate of drug-likeness (QED) is 0.170. The molecule has 4 aromatic rings. The Balaban J connectivity index is 1.62. The van der Waals surface area contributed by atoms with Crippen molar-refractivity contribution in [3.05, 3.63) is 57.5 Å². The molecular weight excluding hydrogens is 797 g/mol. The number of piperazine rings is 1. The van der Waals surface area contributed by atoms with E-state index in [0.29, 0.717) is 31.9 Å². The molecule has 16 heteroatoms. The number of thiophene rings is 1. The van der Waals surface area contributed by atoms with Gasteiger partial charge in [0, 0.05) is 68.9 Å². The van der Waals surface area contributed by atoms with Crippen molar-refractivity contribution in [2.24, 2.45) is 0 Å². The summed E-state index contributed by atoms with van der Waals surface area (Å²) in [5, 5.41) is 0.724. The minimum absolute atomic E-state index is 0.0312. The molecular formula is C40H52ClF3N6O3S2Si. The van der Waals surface area contributed by atoms with Crippen LogP contribution in [0.25, 0.3) is 21.3 Å². The van der Waals surface area contributed by atoms with Gasteiger partial charge in [-0.1, -0.05) is 53.1 Å². The number of hydrogen-bond acceptors (Lipinski definition) is 9. The fourth-order valence-electron chi connectivity index (χ4n) is 9.29. The van der Waals surface area contributed by atoms with Crippen LogP contribution in [-0.2, 0) is 17.5 Å². The van der Waals surface area contributed by atoms with E-state index in [1.54, 1.807) is 50.2 Å². The average Bonchev–Trinajstić information content (AvgIpc) is 3.33. The number of hydrogen-bond donors (Lipinski definition) is 0. The molecule has 1 unspecified atom stereocenters. The van der Waals surface area contributed by atoms with Gasteiger partial charge in [0.25, 0.3) is 0 Å². The molecule has 1 saturated heterocycles. The SMILES string of the molecule is CC(C)[Si](c1sc(-c2c(C(F)(F)F)cc3c(N4C[C@@H](C)N(C(=O)OC(C)(C)C)[C@@H](C)C4)nc(=O)n4c3c2SCC(c2ncccn2)C4)cc1Cl)(C(C)C)C(C)C. The minimum atomic E-state index is -4.76. The fraction of sp³-hybridized carbons (Fsp3) is 0.575. The molecule has 0 aliphatic carbocycles. The molecule has 9 nitrogen and oxygen atoms in total. The summed E-state index contributed by atoms with van der Waals surface area (Å²) in [6, 6.07) is 3.81. The topological polar surface area (TPSA) is 93.5 Å². The molecule has 1 amide bonds. The first-order valence-corrected chi connectivity index (χ1v) is 23.6. The van der Waals surface area contributed by atoms with Gasteiger partial charge in [-0.2, -0.15) is 18.2 Å². The summed E-state index contributed by atoms with van der Waals surface area (Å²) in [6.45, 7) is 23.0. The number of alkyl halides is 3. The number of aromatic nitrogens is 4. The molecule has 0 N–H and O–H groups in total. The average molecular weight is 850 g/mol. The predicted octanol–water partition coefficient (Wildman–Crippen LogP) is 10.2. The van der Waals surface area contributed by atoms with E-state index in [-0.39, 0.29) is 58.9 Å². The number of anilines is 1. The third kappa shape index (κ3) is 7.61. The van der Waals surface area contributed by atoms with Crippen molar-refractivity contribution in [3.8, 4) is 10.4 Å². The zero-order valence-electron chi connectivity index (χ0n) is 33.9. The molecule has 0 spiro atoms. The second-order valence-electron chi connectivity index (χ2n) is 17.1. The molecule has 1 aromatic carbocycles. The van der Waals surface area contributed by atoms with Gasteiger partial charge in [-0.3, -0.25) is 9.47 Å². The number of nitrogens with zero attached hydrogens (tertiary/aromatic N) is 6. The van der Waals surface area contributed by atoms with Crippen molar-refractivity contribution in [3.63, 3.8) is 0 Å². The minimum Gasteiger partial charge on any atom is -0.444 e. The first-order chi connectivity index (χ1) is 26.1. The van der Waals surface area contributed by atoms with Gasteiger partial charge in [0.15, 0.2) is 0 Å². The van der Waals surface area contributed by atoms with Crippen LogP contribution in [0.1, 0.15) is 93.5 Å². The van der Waals surface area contributed by atoms with Crippen molar-refractivity contribution in [2.45, 2.75) is 134 Å². The molecule has 3 aromatic heterocycles. The van der Waals surface area contributed by atoms with E-state index in [2.05, 4.69) is 56.5 Å². The van der Waals surface area contributed by atoms with Crippen LogP contribution in [0.4, 0.5) is 23.8 Å². The third-order valence-electron chi connectivity index (χ3n) is 11.3. The Morgan fingerprint density at radius 3 is 2.09 bits per heavy atom. The Labute approximate surface area is 341 Å². The maximum absolute atomic E-state index is 15.7. The second kappa shape index (κ2) is 15.6. The number of benzene rings is 1. The van der Waals surface area contributed by atoms with E-state index in [0.717, 1.165) is 4.50 Å². The van der Waals surface area contributed by atoms with Gasteiger partial charge in [-0.05, 0) is 69.4 Å². The van der Waals surface area contributed by atoms with Gasteiger partial charge in [0.05, 0.1) is 28.2 Å². The number of ether oxygens (including phenoxy) is 1. The van der Waals surface area contributed by atoms with Gasteiger partial charge in [-0.15, -0.1) is 23.1 Å². The molecule has 3 atom stereocenters. The highest BCUT2D eigenvalue weighted by Crippen LogP contribution is 2.52. The van der Waals surface area contributed by atoms with Crippen molar-refractivity contribution >= 4 is 70.1 Å². The fourth-order valence-corrected chi connectivity index (χ4v) is 21.6. The van der Waals surface area contributed by atoms with Crippen LogP contribution in [0.2, 0.25) is 21.6 Å². The highest BCUT2D eigenvalue weighted by atomic mass is 35.5. The van der Waals surface area contributed by atoms with E-state index >= 15 is 13.2 Å². The molecule has 2 aliphatic heterocycles. The molecule has 1 fully saturated rings. The normalized spacial score (nSPS) is 19.7. The van der Waals surface area contributed by atoms with Crippen molar-refractivity contribution in [1.82, 2.24) is 24.4 Å². The summed E-state index contributed by atoms with van der Waals surface area (Å²) in [7, 11) is -2.37. The van der Waals surface area contributed by atoms with Crippen LogP contribution in [0, 0.1) is 0 Å². The Kier molecular flexibility index (Phi) is 11.8. The molecule has 2 aliphatic rings. The molecule has 0 bridgehead atoms. The van der Waals surface area contributed by atoms with E-state index < -0.39 is 49.3 Å². The van der Waals surface area contributed by atoms with Crippen LogP contribution in [0.3, 0.4) is 0 Å². The Hall–Kier alpha value is -3.14. The lowest BCUT2D eigenvalue weighted by atomic mass is 10.00. The summed E-state index contributed by atoms with van der Waals surface area (Å²) >= 11 is 9.82. The lowest BCUT2D eigenvalue weighted by molar-refractivity contribution is -0.137. The van der Waals surface area contributed by atoms with Crippen LogP contribution in [0.15, 0.2) is 40.3 Å². The molecule has 56 heavy (non-hydrogen) atoms. The van der Waals surface area contributed by atoms with Gasteiger partial charge >= 0.3 is 18.0 Å². The predicted molar refractivity (Wildman–Crippen MR) is 225 cm³/mol. The first-order valence-electron chi connectivity index (χ1n) is 19.2. The summed E-state index contributed by atoms with van der Waals surface area (Å²) < 4.78 is 55.3. The van der Waals surface area contributed by atoms with Gasteiger partial charge < -0.3 is 9.64 Å². The summed E-state index contributed by atoms with van der Waals surface area (Å²) in [4.78, 5) is 45.4. The van der Waals surface area contributed by atoms with Crippen LogP contribution >= 0.6 is 34.7 Å². The number of amides is 1. The van der Waals surface area contributed by atoms with Crippen molar-refractivity contribution in [1.29, 1.82) is 0 Å². The van der Waals surface area contributed by atoms with Gasteiger partial charge in [0.2, 0.25) is 0 Å². The smallest absolute Gasteiger partial charge is 0.417 e. The lowest BCUT2D eigenvalue weighted by Gasteiger charge is -2.45. The highest BCUT2D eigenvalue weighted by molar-refractivity contribution is 7.99. The second-order valence-corrected chi connectivity index (χ2v) is 25.8. The standard InChI is InChI=1S/C40H52ClF3N6O3S2Si/c1-21(2)56(22(3)4,23(5)6)36-29(41)16-30(55-36)31-28(40(42,43)44)15-27-32-33(31)54-20-26(34-45-13-12-14-46-34)19-49(32)37(51)47-35(27)48-17-24(7)50(25(8)18-48)38(52)53-39(9,10)11/h12-16,21-26H,17-20H2,1-11H3/t24-,25+,26?. The van der Waals surface area contributed by atoms with Crippen molar-refractivity contribution < 1.29 is 22.7 Å². The molecule has 304 valence electrons. The maximum Gasteiger partial charge on any atom is 0.417 e. The van der Waals surface area contributed by atoms with Crippen LogP contribution in [0.5, 0.6) is 0 Å².